The molecule has 0 aromatic rings. The van der Waals surface area contributed by atoms with Gasteiger partial charge in [0.2, 0.25) is 0 Å². The number of hydrogen-bond acceptors (Lipinski definition) is 6. The smallest absolute Gasteiger partial charge is 0.320 e. The average Bonchev–Trinajstić information content (AvgIpc) is 2.44. The SMILES string of the molecule is COC(=O)CCC/C=C\CC(C(=O)OC)C(=O)OC. The summed E-state index contributed by atoms with van der Waals surface area (Å²) >= 11 is 0. The zero-order valence-corrected chi connectivity index (χ0v) is 11.5. The van der Waals surface area contributed by atoms with Crippen molar-refractivity contribution >= 4 is 17.9 Å². The van der Waals surface area contributed by atoms with Crippen LogP contribution in [0.4, 0.5) is 0 Å². The van der Waals surface area contributed by atoms with Crippen molar-refractivity contribution in [3.8, 4) is 0 Å². The molecule has 0 aromatic carbocycles. The molecule has 6 heteroatoms. The molecule has 0 saturated carbocycles. The number of carbonyl (C=O) groups is 3. The number of allylic oxidation sites excluding steroid dienone is 2. The highest BCUT2D eigenvalue weighted by Gasteiger charge is 2.26. The highest BCUT2D eigenvalue weighted by Crippen LogP contribution is 2.10. The molecule has 0 unspecified atom stereocenters. The van der Waals surface area contributed by atoms with E-state index in [1.54, 1.807) is 6.08 Å². The van der Waals surface area contributed by atoms with Crippen LogP contribution in [0.3, 0.4) is 0 Å². The molecule has 108 valence electrons. The summed E-state index contributed by atoms with van der Waals surface area (Å²) in [5.41, 5.74) is 0. The molecule has 0 rings (SSSR count). The first kappa shape index (κ1) is 17.2. The second kappa shape index (κ2) is 10.1. The molecule has 0 atom stereocenters. The van der Waals surface area contributed by atoms with Crippen molar-refractivity contribution in [2.45, 2.75) is 25.7 Å². The van der Waals surface area contributed by atoms with Crippen molar-refractivity contribution < 1.29 is 28.6 Å². The largest absolute Gasteiger partial charge is 0.469 e. The molecule has 0 aliphatic carbocycles. The van der Waals surface area contributed by atoms with Gasteiger partial charge in [0.25, 0.3) is 0 Å². The monoisotopic (exact) mass is 272 g/mol. The van der Waals surface area contributed by atoms with E-state index in [4.69, 9.17) is 0 Å². The standard InChI is InChI=1S/C13H20O6/c1-17-11(14)9-7-5-4-6-8-10(12(15)18-2)13(16)19-3/h4,6,10H,5,7-9H2,1-3H3/b6-4-. The van der Waals surface area contributed by atoms with Crippen LogP contribution in [0.1, 0.15) is 25.7 Å². The number of unbranched alkanes of at least 4 members (excludes halogenated alkanes) is 1. The molecule has 0 spiro atoms. The van der Waals surface area contributed by atoms with Gasteiger partial charge in [0, 0.05) is 6.42 Å². The third-order valence-electron chi connectivity index (χ3n) is 2.49. The number of carbonyl (C=O) groups excluding carboxylic acids is 3. The summed E-state index contributed by atoms with van der Waals surface area (Å²) < 4.78 is 13.6. The number of hydrogen-bond donors (Lipinski definition) is 0. The van der Waals surface area contributed by atoms with Crippen molar-refractivity contribution in [1.82, 2.24) is 0 Å². The van der Waals surface area contributed by atoms with Gasteiger partial charge in [-0.2, -0.15) is 0 Å². The number of methoxy groups -OCH3 is 3. The minimum absolute atomic E-state index is 0.220. The van der Waals surface area contributed by atoms with Gasteiger partial charge in [-0.1, -0.05) is 12.2 Å². The van der Waals surface area contributed by atoms with Gasteiger partial charge in [-0.05, 0) is 19.3 Å². The molecule has 0 aliphatic heterocycles. The fourth-order valence-electron chi connectivity index (χ4n) is 1.39. The molecule has 0 N–H and O–H groups in total. The van der Waals surface area contributed by atoms with Crippen molar-refractivity contribution in [2.75, 3.05) is 21.3 Å². The summed E-state index contributed by atoms with van der Waals surface area (Å²) in [6.07, 6.45) is 5.40. The number of rotatable bonds is 8. The Balaban J connectivity index is 4.07. The summed E-state index contributed by atoms with van der Waals surface area (Å²) in [7, 11) is 3.78. The number of ether oxygens (including phenoxy) is 3. The molecule has 0 saturated heterocycles. The van der Waals surface area contributed by atoms with Crippen LogP contribution in [0.25, 0.3) is 0 Å². The zero-order chi connectivity index (χ0) is 14.7. The summed E-state index contributed by atoms with van der Waals surface area (Å²) in [4.78, 5) is 33.5. The maximum absolute atomic E-state index is 11.3. The minimum Gasteiger partial charge on any atom is -0.469 e. The lowest BCUT2D eigenvalue weighted by Gasteiger charge is -2.09. The fourth-order valence-corrected chi connectivity index (χ4v) is 1.39. The first-order valence-corrected chi connectivity index (χ1v) is 5.94. The first-order valence-electron chi connectivity index (χ1n) is 5.94. The Labute approximate surface area is 112 Å². The van der Waals surface area contributed by atoms with Gasteiger partial charge in [0.1, 0.15) is 0 Å². The first-order chi connectivity index (χ1) is 9.06. The fraction of sp³-hybridized carbons (Fsp3) is 0.615. The Morgan fingerprint density at radius 3 is 2.00 bits per heavy atom. The van der Waals surface area contributed by atoms with Gasteiger partial charge in [0.15, 0.2) is 5.92 Å². The summed E-state index contributed by atoms with van der Waals surface area (Å²) in [6.45, 7) is 0. The normalized spacial score (nSPS) is 10.5. The third-order valence-corrected chi connectivity index (χ3v) is 2.49. The van der Waals surface area contributed by atoms with Crippen LogP contribution in [0, 0.1) is 5.92 Å². The van der Waals surface area contributed by atoms with E-state index in [9.17, 15) is 14.4 Å². The minimum atomic E-state index is -0.938. The van der Waals surface area contributed by atoms with E-state index in [0.717, 1.165) is 0 Å². The predicted molar refractivity (Wildman–Crippen MR) is 67.1 cm³/mol. The molecule has 19 heavy (non-hydrogen) atoms. The van der Waals surface area contributed by atoms with E-state index in [1.807, 2.05) is 6.08 Å². The van der Waals surface area contributed by atoms with Crippen molar-refractivity contribution in [2.24, 2.45) is 5.92 Å². The van der Waals surface area contributed by atoms with Crippen LogP contribution in [-0.2, 0) is 28.6 Å². The Bertz CT molecular complexity index is 318. The molecule has 0 radical (unpaired) electrons. The molecular formula is C13H20O6. The maximum atomic E-state index is 11.3. The van der Waals surface area contributed by atoms with Crippen LogP contribution >= 0.6 is 0 Å². The molecular weight excluding hydrogens is 252 g/mol. The van der Waals surface area contributed by atoms with Crippen LogP contribution in [0.2, 0.25) is 0 Å². The summed E-state index contributed by atoms with van der Waals surface area (Å²) in [6, 6.07) is 0. The van der Waals surface area contributed by atoms with E-state index in [0.29, 0.717) is 19.3 Å². The average molecular weight is 272 g/mol. The van der Waals surface area contributed by atoms with Crippen LogP contribution in [0.15, 0.2) is 12.2 Å². The molecule has 0 fully saturated rings. The van der Waals surface area contributed by atoms with Crippen molar-refractivity contribution in [3.05, 3.63) is 12.2 Å². The lowest BCUT2D eigenvalue weighted by atomic mass is 10.1. The van der Waals surface area contributed by atoms with Crippen molar-refractivity contribution in [3.63, 3.8) is 0 Å². The van der Waals surface area contributed by atoms with Crippen LogP contribution in [0.5, 0.6) is 0 Å². The van der Waals surface area contributed by atoms with Gasteiger partial charge in [0.05, 0.1) is 21.3 Å². The molecule has 6 nitrogen and oxygen atoms in total. The quantitative estimate of drug-likeness (QED) is 0.217. The molecule has 0 aromatic heterocycles. The Morgan fingerprint density at radius 2 is 1.53 bits per heavy atom. The lowest BCUT2D eigenvalue weighted by Crippen LogP contribution is -2.25. The van der Waals surface area contributed by atoms with Crippen molar-refractivity contribution in [1.29, 1.82) is 0 Å². The third kappa shape index (κ3) is 7.23. The second-order valence-corrected chi connectivity index (χ2v) is 3.77. The van der Waals surface area contributed by atoms with Crippen LogP contribution < -0.4 is 0 Å². The van der Waals surface area contributed by atoms with E-state index in [2.05, 4.69) is 14.2 Å². The Hall–Kier alpha value is -1.85. The van der Waals surface area contributed by atoms with E-state index >= 15 is 0 Å². The Morgan fingerprint density at radius 1 is 0.947 bits per heavy atom. The van der Waals surface area contributed by atoms with Gasteiger partial charge in [-0.15, -0.1) is 0 Å². The highest BCUT2D eigenvalue weighted by atomic mass is 16.5. The summed E-state index contributed by atoms with van der Waals surface area (Å²) in [5, 5.41) is 0. The zero-order valence-electron chi connectivity index (χ0n) is 11.5. The summed E-state index contributed by atoms with van der Waals surface area (Å²) in [5.74, 6) is -2.43. The maximum Gasteiger partial charge on any atom is 0.320 e. The lowest BCUT2D eigenvalue weighted by molar-refractivity contribution is -0.158. The highest BCUT2D eigenvalue weighted by molar-refractivity contribution is 5.94. The van der Waals surface area contributed by atoms with E-state index < -0.39 is 17.9 Å². The second-order valence-electron chi connectivity index (χ2n) is 3.77. The predicted octanol–water partition coefficient (Wildman–Crippen LogP) is 1.24. The number of esters is 3. The van der Waals surface area contributed by atoms with Gasteiger partial charge >= 0.3 is 17.9 Å². The topological polar surface area (TPSA) is 78.9 Å². The van der Waals surface area contributed by atoms with Gasteiger partial charge < -0.3 is 14.2 Å². The molecule has 0 aliphatic rings. The van der Waals surface area contributed by atoms with Gasteiger partial charge in [-0.3, -0.25) is 14.4 Å². The molecule has 0 bridgehead atoms. The Kier molecular flexibility index (Phi) is 9.12. The molecule has 0 amide bonds. The van der Waals surface area contributed by atoms with E-state index in [-0.39, 0.29) is 12.4 Å². The van der Waals surface area contributed by atoms with Crippen LogP contribution in [-0.4, -0.2) is 39.2 Å². The molecule has 0 heterocycles. The van der Waals surface area contributed by atoms with E-state index in [1.165, 1.54) is 21.3 Å². The van der Waals surface area contributed by atoms with Gasteiger partial charge in [-0.25, -0.2) is 0 Å².